The van der Waals surface area contributed by atoms with Crippen molar-refractivity contribution in [1.29, 1.82) is 0 Å². The minimum atomic E-state index is -4.54. The highest BCUT2D eigenvalue weighted by Gasteiger charge is 2.38. The molecule has 0 radical (unpaired) electrons. The molecule has 1 aliphatic rings. The molecule has 9 heteroatoms. The van der Waals surface area contributed by atoms with Gasteiger partial charge in [0.2, 0.25) is 5.82 Å². The van der Waals surface area contributed by atoms with Gasteiger partial charge in [-0.05, 0) is 43.0 Å². The number of hydrogen-bond acceptors (Lipinski definition) is 3. The van der Waals surface area contributed by atoms with Gasteiger partial charge in [0.1, 0.15) is 0 Å². The lowest BCUT2D eigenvalue weighted by atomic mass is 9.96. The molecule has 0 bridgehead atoms. The maximum Gasteiger partial charge on any atom is 0.449 e. The number of piperidine rings is 1. The summed E-state index contributed by atoms with van der Waals surface area (Å²) in [7, 11) is 0. The third-order valence-corrected chi connectivity index (χ3v) is 5.50. The molecule has 1 aliphatic heterocycles. The SMILES string of the molecule is O=C(COc1ccccc1F)N1CCC(Cn2c(C(F)(F)F)nc3ccccc32)CC1. The number of hydrogen-bond donors (Lipinski definition) is 0. The van der Waals surface area contributed by atoms with Gasteiger partial charge in [0.25, 0.3) is 5.91 Å². The lowest BCUT2D eigenvalue weighted by molar-refractivity contribution is -0.147. The fourth-order valence-electron chi connectivity index (χ4n) is 3.89. The average molecular weight is 435 g/mol. The van der Waals surface area contributed by atoms with E-state index in [1.165, 1.54) is 22.8 Å². The van der Waals surface area contributed by atoms with Gasteiger partial charge in [0.05, 0.1) is 11.0 Å². The first-order valence-corrected chi connectivity index (χ1v) is 10.0. The summed E-state index contributed by atoms with van der Waals surface area (Å²) in [6, 6.07) is 12.4. The summed E-state index contributed by atoms with van der Waals surface area (Å²) >= 11 is 0. The molecule has 0 N–H and O–H groups in total. The summed E-state index contributed by atoms with van der Waals surface area (Å²) < 4.78 is 60.6. The number of likely N-dealkylation sites (tertiary alicyclic amines) is 1. The van der Waals surface area contributed by atoms with Crippen LogP contribution in [0.5, 0.6) is 5.75 Å². The molecule has 5 nitrogen and oxygen atoms in total. The van der Waals surface area contributed by atoms with E-state index in [0.717, 1.165) is 0 Å². The largest absolute Gasteiger partial charge is 0.481 e. The highest BCUT2D eigenvalue weighted by Crippen LogP contribution is 2.33. The van der Waals surface area contributed by atoms with E-state index in [1.54, 1.807) is 35.2 Å². The van der Waals surface area contributed by atoms with Crippen molar-refractivity contribution < 1.29 is 27.1 Å². The van der Waals surface area contributed by atoms with Gasteiger partial charge in [0, 0.05) is 19.6 Å². The molecule has 2 aromatic carbocycles. The minimum absolute atomic E-state index is 0.0115. The van der Waals surface area contributed by atoms with Crippen molar-refractivity contribution >= 4 is 16.9 Å². The molecule has 1 amide bonds. The van der Waals surface area contributed by atoms with E-state index in [9.17, 15) is 22.4 Å². The quantitative estimate of drug-likeness (QED) is 0.554. The average Bonchev–Trinajstić information content (AvgIpc) is 3.12. The molecule has 31 heavy (non-hydrogen) atoms. The Hall–Kier alpha value is -3.10. The van der Waals surface area contributed by atoms with E-state index >= 15 is 0 Å². The summed E-state index contributed by atoms with van der Waals surface area (Å²) in [5.41, 5.74) is 0.763. The summed E-state index contributed by atoms with van der Waals surface area (Å²) in [4.78, 5) is 17.8. The number of para-hydroxylation sites is 3. The van der Waals surface area contributed by atoms with Crippen molar-refractivity contribution in [2.24, 2.45) is 5.92 Å². The predicted octanol–water partition coefficient (Wildman–Crippen LogP) is 4.51. The Labute approximate surface area is 176 Å². The third-order valence-electron chi connectivity index (χ3n) is 5.50. The normalized spacial score (nSPS) is 15.4. The van der Waals surface area contributed by atoms with E-state index in [1.807, 2.05) is 0 Å². The molecule has 2 heterocycles. The Bertz CT molecular complexity index is 1070. The molecule has 0 atom stereocenters. The van der Waals surface area contributed by atoms with Gasteiger partial charge in [0.15, 0.2) is 18.2 Å². The lowest BCUT2D eigenvalue weighted by Gasteiger charge is -2.32. The Morgan fingerprint density at radius 1 is 1.06 bits per heavy atom. The lowest BCUT2D eigenvalue weighted by Crippen LogP contribution is -2.41. The Balaban J connectivity index is 1.37. The second kappa shape index (κ2) is 8.56. The van der Waals surface area contributed by atoms with Crippen LogP contribution in [-0.4, -0.2) is 40.1 Å². The number of fused-ring (bicyclic) bond motifs is 1. The second-order valence-electron chi connectivity index (χ2n) is 7.58. The maximum atomic E-state index is 13.6. The predicted molar refractivity (Wildman–Crippen MR) is 106 cm³/mol. The standard InChI is InChI=1S/C22H21F4N3O2/c23-16-5-1-4-8-19(16)31-14-20(30)28-11-9-15(10-12-28)13-29-18-7-3-2-6-17(18)27-21(29)22(24,25)26/h1-8,15H,9-14H2. The molecule has 0 saturated carbocycles. The topological polar surface area (TPSA) is 47.4 Å². The fraction of sp³-hybridized carbons (Fsp3) is 0.364. The summed E-state index contributed by atoms with van der Waals surface area (Å²) in [5, 5.41) is 0. The smallest absolute Gasteiger partial charge is 0.449 e. The number of rotatable bonds is 5. The van der Waals surface area contributed by atoms with Gasteiger partial charge in [-0.25, -0.2) is 9.37 Å². The highest BCUT2D eigenvalue weighted by atomic mass is 19.4. The van der Waals surface area contributed by atoms with Gasteiger partial charge in [-0.3, -0.25) is 4.79 Å². The Kier molecular flexibility index (Phi) is 5.84. The van der Waals surface area contributed by atoms with Gasteiger partial charge in [-0.2, -0.15) is 13.2 Å². The first kappa shape index (κ1) is 21.1. The van der Waals surface area contributed by atoms with Crippen molar-refractivity contribution in [1.82, 2.24) is 14.5 Å². The molecular formula is C22H21F4N3O2. The van der Waals surface area contributed by atoms with E-state index in [4.69, 9.17) is 4.74 Å². The van der Waals surface area contributed by atoms with Crippen LogP contribution in [0.15, 0.2) is 48.5 Å². The van der Waals surface area contributed by atoms with Crippen LogP contribution in [0.1, 0.15) is 18.7 Å². The molecule has 3 aromatic rings. The van der Waals surface area contributed by atoms with Crippen molar-refractivity contribution in [3.63, 3.8) is 0 Å². The Morgan fingerprint density at radius 3 is 2.45 bits per heavy atom. The highest BCUT2D eigenvalue weighted by molar-refractivity contribution is 5.78. The fourth-order valence-corrected chi connectivity index (χ4v) is 3.89. The summed E-state index contributed by atoms with van der Waals surface area (Å²) in [6.45, 7) is 0.731. The van der Waals surface area contributed by atoms with Gasteiger partial charge >= 0.3 is 6.18 Å². The monoisotopic (exact) mass is 435 g/mol. The van der Waals surface area contributed by atoms with Crippen LogP contribution >= 0.6 is 0 Å². The van der Waals surface area contributed by atoms with Crippen LogP contribution in [0.3, 0.4) is 0 Å². The number of benzene rings is 2. The number of amides is 1. The molecule has 1 saturated heterocycles. The van der Waals surface area contributed by atoms with Crippen LogP contribution in [-0.2, 0) is 17.5 Å². The number of aromatic nitrogens is 2. The van der Waals surface area contributed by atoms with Gasteiger partial charge in [-0.1, -0.05) is 24.3 Å². The number of nitrogens with zero attached hydrogens (tertiary/aromatic N) is 3. The molecule has 0 spiro atoms. The van der Waals surface area contributed by atoms with E-state index in [0.29, 0.717) is 37.0 Å². The molecular weight excluding hydrogens is 414 g/mol. The molecule has 164 valence electrons. The number of carbonyl (C=O) groups is 1. The maximum absolute atomic E-state index is 13.6. The zero-order chi connectivity index (χ0) is 22.0. The van der Waals surface area contributed by atoms with Crippen LogP contribution in [0.4, 0.5) is 17.6 Å². The second-order valence-corrected chi connectivity index (χ2v) is 7.58. The van der Waals surface area contributed by atoms with E-state index < -0.39 is 17.8 Å². The van der Waals surface area contributed by atoms with Crippen LogP contribution in [0.25, 0.3) is 11.0 Å². The van der Waals surface area contributed by atoms with Crippen molar-refractivity contribution in [2.45, 2.75) is 25.6 Å². The number of carbonyl (C=O) groups excluding carboxylic acids is 1. The molecule has 1 aromatic heterocycles. The van der Waals surface area contributed by atoms with Crippen molar-refractivity contribution in [3.8, 4) is 5.75 Å². The first-order chi connectivity index (χ1) is 14.8. The van der Waals surface area contributed by atoms with Crippen molar-refractivity contribution in [3.05, 3.63) is 60.2 Å². The molecule has 1 fully saturated rings. The number of halogens is 4. The van der Waals surface area contributed by atoms with Crippen LogP contribution < -0.4 is 4.74 Å². The van der Waals surface area contributed by atoms with E-state index in [2.05, 4.69) is 4.98 Å². The van der Waals surface area contributed by atoms with Gasteiger partial charge in [-0.15, -0.1) is 0 Å². The zero-order valence-electron chi connectivity index (χ0n) is 16.6. The van der Waals surface area contributed by atoms with Gasteiger partial charge < -0.3 is 14.2 Å². The van der Waals surface area contributed by atoms with E-state index in [-0.39, 0.29) is 30.7 Å². The minimum Gasteiger partial charge on any atom is -0.481 e. The summed E-state index contributed by atoms with van der Waals surface area (Å²) in [6.07, 6.45) is -3.41. The van der Waals surface area contributed by atoms with Crippen molar-refractivity contribution in [2.75, 3.05) is 19.7 Å². The van der Waals surface area contributed by atoms with Crippen LogP contribution in [0.2, 0.25) is 0 Å². The summed E-state index contributed by atoms with van der Waals surface area (Å²) in [5.74, 6) is -1.72. The first-order valence-electron chi connectivity index (χ1n) is 10.0. The number of imidazole rings is 1. The third kappa shape index (κ3) is 4.65. The number of ether oxygens (including phenoxy) is 1. The molecule has 4 rings (SSSR count). The molecule has 0 aliphatic carbocycles. The zero-order valence-corrected chi connectivity index (χ0v) is 16.6. The van der Waals surface area contributed by atoms with Crippen LogP contribution in [0, 0.1) is 11.7 Å². The molecule has 0 unspecified atom stereocenters. The number of alkyl halides is 3. The Morgan fingerprint density at radius 2 is 1.74 bits per heavy atom.